The van der Waals surface area contributed by atoms with E-state index in [4.69, 9.17) is 0 Å². The predicted octanol–water partition coefficient (Wildman–Crippen LogP) is 9.44. The van der Waals surface area contributed by atoms with Gasteiger partial charge < -0.3 is 0 Å². The van der Waals surface area contributed by atoms with Crippen LogP contribution in [0.3, 0.4) is 0 Å². The van der Waals surface area contributed by atoms with Crippen LogP contribution in [0.15, 0.2) is 140 Å². The summed E-state index contributed by atoms with van der Waals surface area (Å²) in [6.07, 6.45) is 7.46. The van der Waals surface area contributed by atoms with Crippen molar-refractivity contribution >= 4 is 32.3 Å². The normalized spacial score (nSPS) is 11.5. The SMILES string of the molecule is c1ccc(-c2cc(-c3ccccn3)cc(-c3ccc4ccc5ccc(-c6cccnc6)c6ccc3c4c56)c2)nc1. The molecule has 3 aromatic heterocycles. The highest BCUT2D eigenvalue weighted by Gasteiger charge is 2.16. The summed E-state index contributed by atoms with van der Waals surface area (Å²) in [5.41, 5.74) is 8.71. The lowest BCUT2D eigenvalue weighted by atomic mass is 9.86. The third kappa shape index (κ3) is 3.63. The molecule has 0 spiro atoms. The molecule has 0 radical (unpaired) electrons. The molecule has 0 saturated carbocycles. The average Bonchev–Trinajstić information content (AvgIpc) is 3.04. The molecule has 186 valence electrons. The molecule has 0 aliphatic heterocycles. The van der Waals surface area contributed by atoms with Crippen molar-refractivity contribution in [3.8, 4) is 44.8 Å². The van der Waals surface area contributed by atoms with Crippen molar-refractivity contribution in [1.29, 1.82) is 0 Å². The van der Waals surface area contributed by atoms with Gasteiger partial charge in [0.05, 0.1) is 11.4 Å². The van der Waals surface area contributed by atoms with E-state index in [0.29, 0.717) is 0 Å². The van der Waals surface area contributed by atoms with E-state index in [1.807, 2.05) is 55.1 Å². The maximum atomic E-state index is 4.66. The van der Waals surface area contributed by atoms with E-state index >= 15 is 0 Å². The lowest BCUT2D eigenvalue weighted by Crippen LogP contribution is -1.92. The largest absolute Gasteiger partial charge is 0.264 e. The van der Waals surface area contributed by atoms with Crippen molar-refractivity contribution in [3.63, 3.8) is 0 Å². The minimum Gasteiger partial charge on any atom is -0.264 e. The summed E-state index contributed by atoms with van der Waals surface area (Å²) in [5.74, 6) is 0. The average molecular weight is 510 g/mol. The Labute approximate surface area is 231 Å². The molecule has 3 heterocycles. The van der Waals surface area contributed by atoms with Crippen molar-refractivity contribution in [1.82, 2.24) is 15.0 Å². The lowest BCUT2D eigenvalue weighted by Gasteiger charge is -2.17. The first-order valence-electron chi connectivity index (χ1n) is 13.4. The monoisotopic (exact) mass is 509 g/mol. The fourth-order valence-electron chi connectivity index (χ4n) is 5.97. The molecule has 0 fully saturated rings. The molecule has 0 unspecified atom stereocenters. The van der Waals surface area contributed by atoms with E-state index in [2.05, 4.69) is 99.9 Å². The topological polar surface area (TPSA) is 38.7 Å². The molecule has 8 rings (SSSR count). The standard InChI is InChI=1S/C37H23N3/c1-3-18-39-34(7-1)28-20-27(21-29(22-28)35-8-2-4-19-40-35)31-14-12-25-10-9-24-11-13-30(26-6-5-17-38-23-26)32-15-16-33(31)37(25)36(24)32/h1-23H. The van der Waals surface area contributed by atoms with E-state index in [9.17, 15) is 0 Å². The molecule has 0 aliphatic carbocycles. The zero-order valence-electron chi connectivity index (χ0n) is 21.6. The smallest absolute Gasteiger partial charge is 0.0702 e. The molecule has 0 N–H and O–H groups in total. The van der Waals surface area contributed by atoms with Crippen LogP contribution >= 0.6 is 0 Å². The second-order valence-electron chi connectivity index (χ2n) is 10.1. The van der Waals surface area contributed by atoms with Gasteiger partial charge in [-0.05, 0) is 97.5 Å². The quantitative estimate of drug-likeness (QED) is 0.222. The molecule has 3 heteroatoms. The Bertz CT molecular complexity index is 2080. The highest BCUT2D eigenvalue weighted by molar-refractivity contribution is 6.27. The first kappa shape index (κ1) is 22.6. The fraction of sp³-hybridized carbons (Fsp3) is 0. The van der Waals surface area contributed by atoms with Crippen molar-refractivity contribution in [2.75, 3.05) is 0 Å². The van der Waals surface area contributed by atoms with Crippen LogP contribution in [0.2, 0.25) is 0 Å². The molecular formula is C37H23N3. The zero-order valence-corrected chi connectivity index (χ0v) is 21.6. The molecule has 5 aromatic carbocycles. The number of rotatable bonds is 4. The Morgan fingerprint density at radius 1 is 0.400 bits per heavy atom. The van der Waals surface area contributed by atoms with Crippen LogP contribution in [0.1, 0.15) is 0 Å². The Kier molecular flexibility index (Phi) is 5.14. The van der Waals surface area contributed by atoms with Gasteiger partial charge in [-0.25, -0.2) is 0 Å². The van der Waals surface area contributed by atoms with Gasteiger partial charge in [0, 0.05) is 41.5 Å². The Morgan fingerprint density at radius 3 is 1.48 bits per heavy atom. The summed E-state index contributed by atoms with van der Waals surface area (Å²) in [7, 11) is 0. The molecule has 0 aliphatic rings. The van der Waals surface area contributed by atoms with Gasteiger partial charge >= 0.3 is 0 Å². The molecular weight excluding hydrogens is 486 g/mol. The minimum atomic E-state index is 0.945. The van der Waals surface area contributed by atoms with E-state index in [-0.39, 0.29) is 0 Å². The van der Waals surface area contributed by atoms with Crippen molar-refractivity contribution < 1.29 is 0 Å². The van der Waals surface area contributed by atoms with E-state index in [1.54, 1.807) is 0 Å². The molecule has 0 bridgehead atoms. The lowest BCUT2D eigenvalue weighted by molar-refractivity contribution is 1.31. The third-order valence-corrected chi connectivity index (χ3v) is 7.80. The second-order valence-corrected chi connectivity index (χ2v) is 10.1. The highest BCUT2D eigenvalue weighted by atomic mass is 14.7. The number of pyridine rings is 3. The van der Waals surface area contributed by atoms with E-state index in [0.717, 1.165) is 33.6 Å². The highest BCUT2D eigenvalue weighted by Crippen LogP contribution is 2.43. The first-order valence-corrected chi connectivity index (χ1v) is 13.4. The molecule has 0 amide bonds. The summed E-state index contributed by atoms with van der Waals surface area (Å²) < 4.78 is 0. The molecule has 0 atom stereocenters. The van der Waals surface area contributed by atoms with Crippen molar-refractivity contribution in [2.24, 2.45) is 0 Å². The zero-order chi connectivity index (χ0) is 26.5. The van der Waals surface area contributed by atoms with Gasteiger partial charge in [-0.2, -0.15) is 0 Å². The summed E-state index contributed by atoms with van der Waals surface area (Å²) in [4.78, 5) is 13.7. The van der Waals surface area contributed by atoms with Gasteiger partial charge in [0.15, 0.2) is 0 Å². The summed E-state index contributed by atoms with van der Waals surface area (Å²) in [6.45, 7) is 0. The maximum Gasteiger partial charge on any atom is 0.0702 e. The number of aromatic nitrogens is 3. The minimum absolute atomic E-state index is 0.945. The number of benzene rings is 5. The molecule has 0 saturated heterocycles. The van der Waals surface area contributed by atoms with Gasteiger partial charge in [-0.15, -0.1) is 0 Å². The van der Waals surface area contributed by atoms with Gasteiger partial charge in [0.1, 0.15) is 0 Å². The summed E-state index contributed by atoms with van der Waals surface area (Å²) in [5, 5.41) is 7.56. The maximum absolute atomic E-state index is 4.66. The van der Waals surface area contributed by atoms with Gasteiger partial charge in [0.2, 0.25) is 0 Å². The number of hydrogen-bond donors (Lipinski definition) is 0. The van der Waals surface area contributed by atoms with E-state index < -0.39 is 0 Å². The van der Waals surface area contributed by atoms with Crippen LogP contribution in [-0.2, 0) is 0 Å². The summed E-state index contributed by atoms with van der Waals surface area (Å²) >= 11 is 0. The number of hydrogen-bond acceptors (Lipinski definition) is 3. The van der Waals surface area contributed by atoms with Crippen LogP contribution in [0.25, 0.3) is 77.1 Å². The van der Waals surface area contributed by atoms with Gasteiger partial charge in [-0.1, -0.05) is 66.7 Å². The van der Waals surface area contributed by atoms with Crippen molar-refractivity contribution in [2.45, 2.75) is 0 Å². The summed E-state index contributed by atoms with van der Waals surface area (Å²) in [6, 6.07) is 40.9. The Hall–Kier alpha value is -5.41. The number of nitrogens with zero attached hydrogens (tertiary/aromatic N) is 3. The van der Waals surface area contributed by atoms with Gasteiger partial charge in [-0.3, -0.25) is 15.0 Å². The predicted molar refractivity (Wildman–Crippen MR) is 165 cm³/mol. The van der Waals surface area contributed by atoms with Gasteiger partial charge in [0.25, 0.3) is 0 Å². The Balaban J connectivity index is 1.42. The molecule has 40 heavy (non-hydrogen) atoms. The van der Waals surface area contributed by atoms with Crippen LogP contribution in [0.5, 0.6) is 0 Å². The van der Waals surface area contributed by atoms with Crippen LogP contribution in [0, 0.1) is 0 Å². The second kappa shape index (κ2) is 9.11. The van der Waals surface area contributed by atoms with Crippen LogP contribution in [-0.4, -0.2) is 15.0 Å². The first-order chi connectivity index (χ1) is 19.8. The van der Waals surface area contributed by atoms with Crippen LogP contribution < -0.4 is 0 Å². The Morgan fingerprint density at radius 2 is 0.950 bits per heavy atom. The fourth-order valence-corrected chi connectivity index (χ4v) is 5.97. The van der Waals surface area contributed by atoms with Crippen molar-refractivity contribution in [3.05, 3.63) is 140 Å². The third-order valence-electron chi connectivity index (χ3n) is 7.80. The molecule has 8 aromatic rings. The van der Waals surface area contributed by atoms with Crippen LogP contribution in [0.4, 0.5) is 0 Å². The van der Waals surface area contributed by atoms with E-state index in [1.165, 1.54) is 43.4 Å². The molecule has 3 nitrogen and oxygen atoms in total.